The largest absolute Gasteiger partial charge is 0.336 e. The minimum Gasteiger partial charge on any atom is -0.336 e. The molecule has 144 valence electrons. The standard InChI is InChI=1S/C23H26N4O/c1-3-25-13-15-26(16-14-25)23(28)20-17-24-27(21-12-8-7-9-18(21)2)22(20)19-10-5-4-6-11-19/h4-12,17H,3,13-16H2,1-2H3. The third kappa shape index (κ3) is 3.45. The van der Waals surface area contributed by atoms with Crippen molar-refractivity contribution < 1.29 is 4.79 Å². The lowest BCUT2D eigenvalue weighted by Gasteiger charge is -2.34. The highest BCUT2D eigenvalue weighted by molar-refractivity contribution is 6.00. The third-order valence-corrected chi connectivity index (χ3v) is 5.50. The van der Waals surface area contributed by atoms with Crippen molar-refractivity contribution in [2.45, 2.75) is 13.8 Å². The van der Waals surface area contributed by atoms with E-state index in [1.807, 2.05) is 58.1 Å². The summed E-state index contributed by atoms with van der Waals surface area (Å²) in [6.45, 7) is 8.63. The molecule has 1 saturated heterocycles. The molecule has 3 aromatic rings. The summed E-state index contributed by atoms with van der Waals surface area (Å²) < 4.78 is 1.90. The van der Waals surface area contributed by atoms with Gasteiger partial charge in [0.15, 0.2) is 0 Å². The van der Waals surface area contributed by atoms with E-state index in [4.69, 9.17) is 0 Å². The monoisotopic (exact) mass is 374 g/mol. The van der Waals surface area contributed by atoms with E-state index >= 15 is 0 Å². The van der Waals surface area contributed by atoms with Gasteiger partial charge in [-0.3, -0.25) is 4.79 Å². The van der Waals surface area contributed by atoms with Crippen LogP contribution in [0.2, 0.25) is 0 Å². The average molecular weight is 374 g/mol. The molecule has 1 fully saturated rings. The first kappa shape index (κ1) is 18.4. The number of aryl methyl sites for hydroxylation is 1. The summed E-state index contributed by atoms with van der Waals surface area (Å²) in [5, 5.41) is 4.63. The van der Waals surface area contributed by atoms with Gasteiger partial charge in [0.1, 0.15) is 0 Å². The summed E-state index contributed by atoms with van der Waals surface area (Å²) >= 11 is 0. The lowest BCUT2D eigenvalue weighted by atomic mass is 10.1. The maximum Gasteiger partial charge on any atom is 0.257 e. The van der Waals surface area contributed by atoms with Crippen LogP contribution >= 0.6 is 0 Å². The average Bonchev–Trinajstić information content (AvgIpc) is 3.19. The van der Waals surface area contributed by atoms with Crippen LogP contribution < -0.4 is 0 Å². The van der Waals surface area contributed by atoms with E-state index in [1.54, 1.807) is 6.20 Å². The van der Waals surface area contributed by atoms with Crippen molar-refractivity contribution in [1.82, 2.24) is 19.6 Å². The number of rotatable bonds is 4. The van der Waals surface area contributed by atoms with E-state index in [0.29, 0.717) is 5.56 Å². The second-order valence-corrected chi connectivity index (χ2v) is 7.20. The number of hydrogen-bond donors (Lipinski definition) is 0. The molecule has 0 aliphatic carbocycles. The summed E-state index contributed by atoms with van der Waals surface area (Å²) in [7, 11) is 0. The molecule has 0 spiro atoms. The fourth-order valence-electron chi connectivity index (χ4n) is 3.80. The molecule has 1 aromatic heterocycles. The Labute approximate surface area is 166 Å². The number of carbonyl (C=O) groups is 1. The zero-order chi connectivity index (χ0) is 19.5. The third-order valence-electron chi connectivity index (χ3n) is 5.50. The molecule has 1 aliphatic heterocycles. The summed E-state index contributed by atoms with van der Waals surface area (Å²) in [6, 6.07) is 18.2. The van der Waals surface area contributed by atoms with E-state index in [1.165, 1.54) is 0 Å². The number of carbonyl (C=O) groups excluding carboxylic acids is 1. The molecular weight excluding hydrogens is 348 g/mol. The molecule has 2 heterocycles. The summed E-state index contributed by atoms with van der Waals surface area (Å²) in [5.74, 6) is 0.0643. The Morgan fingerprint density at radius 3 is 2.32 bits per heavy atom. The Morgan fingerprint density at radius 2 is 1.64 bits per heavy atom. The van der Waals surface area contributed by atoms with Gasteiger partial charge in [-0.05, 0) is 25.1 Å². The number of hydrogen-bond acceptors (Lipinski definition) is 3. The highest BCUT2D eigenvalue weighted by atomic mass is 16.2. The molecule has 0 N–H and O–H groups in total. The van der Waals surface area contributed by atoms with Crippen molar-refractivity contribution in [3.05, 3.63) is 71.9 Å². The molecule has 0 atom stereocenters. The molecule has 1 aliphatic rings. The number of benzene rings is 2. The van der Waals surface area contributed by atoms with Gasteiger partial charge < -0.3 is 9.80 Å². The first-order valence-corrected chi connectivity index (χ1v) is 9.90. The van der Waals surface area contributed by atoms with Crippen LogP contribution in [0.3, 0.4) is 0 Å². The quantitative estimate of drug-likeness (QED) is 0.700. The van der Waals surface area contributed by atoms with Gasteiger partial charge in [0.05, 0.1) is 23.1 Å². The van der Waals surface area contributed by atoms with E-state index in [9.17, 15) is 4.79 Å². The van der Waals surface area contributed by atoms with Crippen LogP contribution in [0.5, 0.6) is 0 Å². The van der Waals surface area contributed by atoms with Crippen LogP contribution in [0.1, 0.15) is 22.8 Å². The van der Waals surface area contributed by atoms with Crippen LogP contribution in [0.15, 0.2) is 60.8 Å². The topological polar surface area (TPSA) is 41.4 Å². The second-order valence-electron chi connectivity index (χ2n) is 7.20. The molecule has 0 bridgehead atoms. The predicted molar refractivity (Wildman–Crippen MR) is 112 cm³/mol. The van der Waals surface area contributed by atoms with Gasteiger partial charge in [0, 0.05) is 31.7 Å². The number of likely N-dealkylation sites (N-methyl/N-ethyl adjacent to an activating group) is 1. The molecule has 2 aromatic carbocycles. The number of para-hydroxylation sites is 1. The van der Waals surface area contributed by atoms with Gasteiger partial charge in [-0.1, -0.05) is 55.5 Å². The second kappa shape index (κ2) is 7.98. The molecule has 4 rings (SSSR count). The summed E-state index contributed by atoms with van der Waals surface area (Å²) in [6.07, 6.45) is 1.73. The van der Waals surface area contributed by atoms with Crippen molar-refractivity contribution >= 4 is 5.91 Å². The highest BCUT2D eigenvalue weighted by Crippen LogP contribution is 2.29. The minimum absolute atomic E-state index is 0.0643. The maximum atomic E-state index is 13.4. The smallest absolute Gasteiger partial charge is 0.257 e. The Hall–Kier alpha value is -2.92. The molecule has 28 heavy (non-hydrogen) atoms. The predicted octanol–water partition coefficient (Wildman–Crippen LogP) is 3.63. The Morgan fingerprint density at radius 1 is 0.964 bits per heavy atom. The summed E-state index contributed by atoms with van der Waals surface area (Å²) in [5.41, 5.74) is 4.64. The van der Waals surface area contributed by atoms with E-state index in [-0.39, 0.29) is 5.91 Å². The normalized spacial score (nSPS) is 15.0. The van der Waals surface area contributed by atoms with Crippen molar-refractivity contribution in [3.63, 3.8) is 0 Å². The summed E-state index contributed by atoms with van der Waals surface area (Å²) in [4.78, 5) is 17.7. The SMILES string of the molecule is CCN1CCN(C(=O)c2cnn(-c3ccccc3C)c2-c2ccccc2)CC1. The van der Waals surface area contributed by atoms with E-state index in [2.05, 4.69) is 29.9 Å². The molecule has 0 radical (unpaired) electrons. The van der Waals surface area contributed by atoms with Crippen LogP contribution in [-0.2, 0) is 0 Å². The van der Waals surface area contributed by atoms with Gasteiger partial charge in [-0.25, -0.2) is 4.68 Å². The zero-order valence-electron chi connectivity index (χ0n) is 16.5. The number of amides is 1. The number of piperazine rings is 1. The van der Waals surface area contributed by atoms with E-state index < -0.39 is 0 Å². The van der Waals surface area contributed by atoms with Gasteiger partial charge >= 0.3 is 0 Å². The van der Waals surface area contributed by atoms with E-state index in [0.717, 1.165) is 55.2 Å². The number of aromatic nitrogens is 2. The molecular formula is C23H26N4O. The number of nitrogens with zero attached hydrogens (tertiary/aromatic N) is 4. The van der Waals surface area contributed by atoms with Crippen molar-refractivity contribution in [2.75, 3.05) is 32.7 Å². The van der Waals surface area contributed by atoms with Gasteiger partial charge in [0.25, 0.3) is 5.91 Å². The van der Waals surface area contributed by atoms with Crippen LogP contribution in [0, 0.1) is 6.92 Å². The lowest BCUT2D eigenvalue weighted by Crippen LogP contribution is -2.48. The minimum atomic E-state index is 0.0643. The molecule has 5 nitrogen and oxygen atoms in total. The van der Waals surface area contributed by atoms with Gasteiger partial charge in [-0.2, -0.15) is 5.10 Å². The fraction of sp³-hybridized carbons (Fsp3) is 0.304. The Kier molecular flexibility index (Phi) is 5.26. The Balaban J connectivity index is 1.76. The van der Waals surface area contributed by atoms with Crippen molar-refractivity contribution in [2.24, 2.45) is 0 Å². The maximum absolute atomic E-state index is 13.4. The Bertz CT molecular complexity index is 956. The highest BCUT2D eigenvalue weighted by Gasteiger charge is 2.27. The zero-order valence-corrected chi connectivity index (χ0v) is 16.5. The van der Waals surface area contributed by atoms with Crippen LogP contribution in [0.4, 0.5) is 0 Å². The first-order chi connectivity index (χ1) is 13.7. The fourth-order valence-corrected chi connectivity index (χ4v) is 3.80. The first-order valence-electron chi connectivity index (χ1n) is 9.90. The van der Waals surface area contributed by atoms with Crippen LogP contribution in [0.25, 0.3) is 16.9 Å². The molecule has 1 amide bonds. The van der Waals surface area contributed by atoms with Crippen LogP contribution in [-0.4, -0.2) is 58.2 Å². The lowest BCUT2D eigenvalue weighted by molar-refractivity contribution is 0.0644. The molecule has 0 saturated carbocycles. The molecule has 0 unspecified atom stereocenters. The van der Waals surface area contributed by atoms with Gasteiger partial charge in [0.2, 0.25) is 0 Å². The van der Waals surface area contributed by atoms with Crippen molar-refractivity contribution in [3.8, 4) is 16.9 Å². The molecule has 5 heteroatoms. The van der Waals surface area contributed by atoms with Gasteiger partial charge in [-0.15, -0.1) is 0 Å². The van der Waals surface area contributed by atoms with Crippen molar-refractivity contribution in [1.29, 1.82) is 0 Å².